The number of hydrogen-bond acceptors (Lipinski definition) is 3. The number of thioether (sulfide) groups is 1. The third-order valence-electron chi connectivity index (χ3n) is 4.34. The molecule has 0 spiro atoms. The normalized spacial score (nSPS) is 20.9. The van der Waals surface area contributed by atoms with Crippen molar-refractivity contribution in [3.63, 3.8) is 0 Å². The van der Waals surface area contributed by atoms with Crippen molar-refractivity contribution >= 4 is 35.0 Å². The molecule has 1 amide bonds. The topological polar surface area (TPSA) is 32.3 Å². The van der Waals surface area contributed by atoms with Crippen LogP contribution in [-0.4, -0.2) is 41.4 Å². The summed E-state index contributed by atoms with van der Waals surface area (Å²) in [5.74, 6) is 0.714. The first-order valence-electron chi connectivity index (χ1n) is 8.19. The number of halogens is 4. The smallest absolute Gasteiger partial charge is 0.324 e. The molecule has 2 unspecified atom stereocenters. The van der Waals surface area contributed by atoms with Crippen LogP contribution in [0.2, 0.25) is 5.02 Å². The van der Waals surface area contributed by atoms with Crippen molar-refractivity contribution in [2.24, 2.45) is 0 Å². The van der Waals surface area contributed by atoms with E-state index in [9.17, 15) is 18.0 Å². The molecule has 2 atom stereocenters. The lowest BCUT2D eigenvalue weighted by Gasteiger charge is -2.24. The van der Waals surface area contributed by atoms with Gasteiger partial charge in [0.2, 0.25) is 5.91 Å². The monoisotopic (exact) mass is 394 g/mol. The van der Waals surface area contributed by atoms with E-state index in [2.05, 4.69) is 12.2 Å². The van der Waals surface area contributed by atoms with Gasteiger partial charge in [-0.2, -0.15) is 24.9 Å². The molecule has 1 aliphatic carbocycles. The number of anilines is 1. The van der Waals surface area contributed by atoms with Crippen LogP contribution >= 0.6 is 23.4 Å². The Labute approximate surface area is 155 Å². The van der Waals surface area contributed by atoms with Crippen molar-refractivity contribution in [2.45, 2.75) is 43.7 Å². The Bertz CT molecular complexity index is 612. The molecule has 0 bridgehead atoms. The lowest BCUT2D eigenvalue weighted by Crippen LogP contribution is -2.37. The molecule has 1 aromatic carbocycles. The van der Waals surface area contributed by atoms with Crippen LogP contribution in [0.5, 0.6) is 0 Å². The lowest BCUT2D eigenvalue weighted by atomic mass is 10.2. The van der Waals surface area contributed by atoms with E-state index in [0.29, 0.717) is 11.3 Å². The highest BCUT2D eigenvalue weighted by atomic mass is 35.5. The summed E-state index contributed by atoms with van der Waals surface area (Å²) >= 11 is 7.85. The fourth-order valence-electron chi connectivity index (χ4n) is 3.05. The van der Waals surface area contributed by atoms with Crippen LogP contribution in [0.3, 0.4) is 0 Å². The van der Waals surface area contributed by atoms with Gasteiger partial charge in [0.05, 0.1) is 22.8 Å². The van der Waals surface area contributed by atoms with Crippen LogP contribution in [0.4, 0.5) is 18.9 Å². The highest BCUT2D eigenvalue weighted by Gasteiger charge is 2.31. The van der Waals surface area contributed by atoms with Gasteiger partial charge < -0.3 is 5.32 Å². The molecule has 25 heavy (non-hydrogen) atoms. The van der Waals surface area contributed by atoms with E-state index in [4.69, 9.17) is 11.6 Å². The Balaban J connectivity index is 1.94. The summed E-state index contributed by atoms with van der Waals surface area (Å²) in [5.41, 5.74) is -0.850. The number of amides is 1. The third-order valence-corrected chi connectivity index (χ3v) is 5.91. The summed E-state index contributed by atoms with van der Waals surface area (Å²) in [4.78, 5) is 14.2. The van der Waals surface area contributed by atoms with Gasteiger partial charge in [0.1, 0.15) is 0 Å². The number of nitrogens with zero attached hydrogens (tertiary/aromatic N) is 1. The van der Waals surface area contributed by atoms with Crippen molar-refractivity contribution in [1.29, 1.82) is 0 Å². The predicted octanol–water partition coefficient (Wildman–Crippen LogP) is 4.90. The minimum Gasteiger partial charge on any atom is -0.324 e. The molecule has 2 rings (SSSR count). The van der Waals surface area contributed by atoms with E-state index >= 15 is 0 Å². The number of likely N-dealkylation sites (N-methyl/N-ethyl adjacent to an activating group) is 1. The molecule has 0 radical (unpaired) electrons. The van der Waals surface area contributed by atoms with E-state index in [1.165, 1.54) is 0 Å². The number of hydrogen-bond donors (Lipinski definition) is 1. The maximum absolute atomic E-state index is 12.8. The first-order chi connectivity index (χ1) is 11.7. The van der Waals surface area contributed by atoms with Crippen molar-refractivity contribution in [2.75, 3.05) is 24.7 Å². The molecule has 1 aliphatic rings. The van der Waals surface area contributed by atoms with E-state index in [1.54, 1.807) is 0 Å². The average Bonchev–Trinajstić information content (AvgIpc) is 2.97. The van der Waals surface area contributed by atoms with Gasteiger partial charge in [-0.3, -0.25) is 9.69 Å². The van der Waals surface area contributed by atoms with Crippen LogP contribution in [-0.2, 0) is 11.0 Å². The fraction of sp³-hybridized carbons (Fsp3) is 0.588. The van der Waals surface area contributed by atoms with Crippen molar-refractivity contribution in [3.8, 4) is 0 Å². The molecule has 0 aliphatic heterocycles. The van der Waals surface area contributed by atoms with E-state index in [0.717, 1.165) is 43.2 Å². The number of carbonyl (C=O) groups is 1. The summed E-state index contributed by atoms with van der Waals surface area (Å²) in [7, 11) is 1.87. The molecule has 1 aromatic rings. The molecule has 1 N–H and O–H groups in total. The second-order valence-corrected chi connectivity index (χ2v) is 8.18. The van der Waals surface area contributed by atoms with Crippen LogP contribution < -0.4 is 5.32 Å². The second-order valence-electron chi connectivity index (χ2n) is 6.20. The van der Waals surface area contributed by atoms with Gasteiger partial charge in [0, 0.05) is 11.3 Å². The molecule has 8 heteroatoms. The van der Waals surface area contributed by atoms with E-state index in [1.807, 2.05) is 23.7 Å². The molecular formula is C17H22ClF3N2OS. The Hall–Kier alpha value is -0.920. The summed E-state index contributed by atoms with van der Waals surface area (Å²) in [5, 5.41) is 3.21. The molecule has 1 saturated carbocycles. The van der Waals surface area contributed by atoms with Crippen molar-refractivity contribution in [1.82, 2.24) is 4.90 Å². The van der Waals surface area contributed by atoms with Crippen LogP contribution in [0.15, 0.2) is 18.2 Å². The maximum atomic E-state index is 12.8. The number of benzene rings is 1. The van der Waals surface area contributed by atoms with Crippen LogP contribution in [0.1, 0.15) is 31.7 Å². The van der Waals surface area contributed by atoms with Crippen LogP contribution in [0.25, 0.3) is 0 Å². The highest BCUT2D eigenvalue weighted by Crippen LogP contribution is 2.34. The van der Waals surface area contributed by atoms with E-state index < -0.39 is 11.7 Å². The van der Waals surface area contributed by atoms with Crippen LogP contribution in [0, 0.1) is 0 Å². The third kappa shape index (κ3) is 5.79. The predicted molar refractivity (Wildman–Crippen MR) is 97.3 cm³/mol. The number of rotatable bonds is 6. The highest BCUT2D eigenvalue weighted by molar-refractivity contribution is 7.99. The van der Waals surface area contributed by atoms with Gasteiger partial charge in [-0.05, 0) is 50.3 Å². The van der Waals surface area contributed by atoms with Gasteiger partial charge in [-0.15, -0.1) is 0 Å². The number of carbonyl (C=O) groups excluding carboxylic acids is 1. The van der Waals surface area contributed by atoms with Crippen molar-refractivity contribution < 1.29 is 18.0 Å². The van der Waals surface area contributed by atoms with Gasteiger partial charge in [-0.25, -0.2) is 0 Å². The largest absolute Gasteiger partial charge is 0.416 e. The zero-order valence-corrected chi connectivity index (χ0v) is 15.8. The quantitative estimate of drug-likeness (QED) is 0.744. The zero-order chi connectivity index (χ0) is 18.6. The van der Waals surface area contributed by atoms with Gasteiger partial charge in [-0.1, -0.05) is 18.5 Å². The zero-order valence-electron chi connectivity index (χ0n) is 14.2. The second kappa shape index (κ2) is 8.64. The molecular weight excluding hydrogens is 373 g/mol. The minimum atomic E-state index is -4.48. The number of alkyl halides is 3. The van der Waals surface area contributed by atoms with Gasteiger partial charge >= 0.3 is 6.18 Å². The average molecular weight is 395 g/mol. The summed E-state index contributed by atoms with van der Waals surface area (Å²) in [6.45, 7) is 2.26. The summed E-state index contributed by atoms with van der Waals surface area (Å²) in [6.07, 6.45) is -1.27. The fourth-order valence-corrected chi connectivity index (χ4v) is 4.34. The number of nitrogens with one attached hydrogen (secondary N) is 1. The first kappa shape index (κ1) is 20.4. The molecule has 0 saturated heterocycles. The Morgan fingerprint density at radius 3 is 2.76 bits per heavy atom. The lowest BCUT2D eigenvalue weighted by molar-refractivity contribution is -0.137. The molecule has 0 aromatic heterocycles. The minimum absolute atomic E-state index is 0.0132. The SMILES string of the molecule is CCSC1CCC(N(C)CC(=O)Nc2cc(C(F)(F)F)ccc2Cl)C1. The molecule has 3 nitrogen and oxygen atoms in total. The Morgan fingerprint density at radius 1 is 1.40 bits per heavy atom. The Morgan fingerprint density at radius 2 is 2.12 bits per heavy atom. The maximum Gasteiger partial charge on any atom is 0.416 e. The Kier molecular flexibility index (Phi) is 7.05. The molecule has 1 fully saturated rings. The van der Waals surface area contributed by atoms with Gasteiger partial charge in [0.25, 0.3) is 0 Å². The standard InChI is InChI=1S/C17H22ClF3N2OS/c1-3-25-13-6-5-12(9-13)23(2)10-16(24)22-15-8-11(17(19,20)21)4-7-14(15)18/h4,7-8,12-13H,3,5-6,9-10H2,1-2H3,(H,22,24). The molecule has 0 heterocycles. The van der Waals surface area contributed by atoms with Crippen molar-refractivity contribution in [3.05, 3.63) is 28.8 Å². The van der Waals surface area contributed by atoms with Gasteiger partial charge in [0.15, 0.2) is 0 Å². The van der Waals surface area contributed by atoms with E-state index in [-0.39, 0.29) is 23.2 Å². The summed E-state index contributed by atoms with van der Waals surface area (Å²) < 4.78 is 38.4. The molecule has 140 valence electrons. The summed E-state index contributed by atoms with van der Waals surface area (Å²) in [6, 6.07) is 3.23. The first-order valence-corrected chi connectivity index (χ1v) is 9.61.